The number of ether oxygens (including phenoxy) is 1. The van der Waals surface area contributed by atoms with Gasteiger partial charge in [-0.1, -0.05) is 30.3 Å². The van der Waals surface area contributed by atoms with E-state index in [0.717, 1.165) is 22.4 Å². The number of methoxy groups -OCH3 is 1. The summed E-state index contributed by atoms with van der Waals surface area (Å²) in [5.74, 6) is -0.0135. The van der Waals surface area contributed by atoms with Crippen LogP contribution in [-0.2, 0) is 17.8 Å². The van der Waals surface area contributed by atoms with E-state index in [4.69, 9.17) is 4.74 Å². The molecule has 0 spiro atoms. The highest BCUT2D eigenvalue weighted by Gasteiger charge is 2.32. The monoisotopic (exact) mass is 432 g/mol. The van der Waals surface area contributed by atoms with Gasteiger partial charge in [0.05, 0.1) is 19.3 Å². The molecule has 8 heteroatoms. The van der Waals surface area contributed by atoms with E-state index in [1.807, 2.05) is 31.2 Å². The molecule has 1 N–H and O–H groups in total. The minimum atomic E-state index is -0.374. The van der Waals surface area contributed by atoms with Gasteiger partial charge in [0.1, 0.15) is 11.4 Å². The number of aromatic nitrogens is 2. The molecule has 0 saturated carbocycles. The Morgan fingerprint density at radius 2 is 1.84 bits per heavy atom. The molecule has 0 saturated heterocycles. The number of hydrogen-bond donors (Lipinski definition) is 1. The van der Waals surface area contributed by atoms with Gasteiger partial charge in [-0.2, -0.15) is 5.10 Å². The first-order valence-corrected chi connectivity index (χ1v) is 10.4. The van der Waals surface area contributed by atoms with Crippen LogP contribution in [0.2, 0.25) is 0 Å². The van der Waals surface area contributed by atoms with Crippen molar-refractivity contribution in [2.24, 2.45) is 0 Å². The third-order valence-electron chi connectivity index (χ3n) is 5.44. The van der Waals surface area contributed by atoms with Crippen LogP contribution in [0, 0.1) is 0 Å². The number of anilines is 2. The van der Waals surface area contributed by atoms with Crippen molar-refractivity contribution in [1.29, 1.82) is 0 Å². The van der Waals surface area contributed by atoms with Crippen molar-refractivity contribution in [3.63, 3.8) is 0 Å². The standard InChI is InChI=1S/C24H24N4O4/c1-16-15-17-7-3-5-9-20(17)28(16)24(31)19-11-12-23(30)27(26-19)14-13-22(29)25-18-8-4-6-10-21(18)32-2/h3-12,16H,13-15H2,1-2H3,(H,25,29)/t16-/m1/s1. The molecule has 1 aliphatic rings. The number of para-hydroxylation sites is 3. The summed E-state index contributed by atoms with van der Waals surface area (Å²) < 4.78 is 6.38. The number of fused-ring (bicyclic) bond motifs is 1. The highest BCUT2D eigenvalue weighted by atomic mass is 16.5. The number of nitrogens with zero attached hydrogens (tertiary/aromatic N) is 3. The molecule has 164 valence electrons. The van der Waals surface area contributed by atoms with Crippen LogP contribution >= 0.6 is 0 Å². The van der Waals surface area contributed by atoms with Crippen molar-refractivity contribution in [3.8, 4) is 5.75 Å². The van der Waals surface area contributed by atoms with Crippen LogP contribution in [0.1, 0.15) is 29.4 Å². The Bertz CT molecular complexity index is 1220. The van der Waals surface area contributed by atoms with E-state index in [9.17, 15) is 14.4 Å². The third-order valence-corrected chi connectivity index (χ3v) is 5.44. The maximum absolute atomic E-state index is 13.2. The van der Waals surface area contributed by atoms with Gasteiger partial charge < -0.3 is 15.0 Å². The number of amides is 2. The second-order valence-electron chi connectivity index (χ2n) is 7.64. The van der Waals surface area contributed by atoms with Crippen LogP contribution in [-0.4, -0.2) is 34.7 Å². The molecule has 0 aliphatic carbocycles. The van der Waals surface area contributed by atoms with Crippen molar-refractivity contribution in [1.82, 2.24) is 9.78 Å². The summed E-state index contributed by atoms with van der Waals surface area (Å²) in [7, 11) is 1.52. The van der Waals surface area contributed by atoms with Crippen molar-refractivity contribution in [3.05, 3.63) is 82.3 Å². The van der Waals surface area contributed by atoms with Gasteiger partial charge in [-0.25, -0.2) is 4.68 Å². The van der Waals surface area contributed by atoms with Gasteiger partial charge in [-0.15, -0.1) is 0 Å². The lowest BCUT2D eigenvalue weighted by Gasteiger charge is -2.22. The van der Waals surface area contributed by atoms with Gasteiger partial charge in [-0.05, 0) is 43.2 Å². The lowest BCUT2D eigenvalue weighted by Crippen LogP contribution is -2.37. The first-order valence-electron chi connectivity index (χ1n) is 10.4. The summed E-state index contributed by atoms with van der Waals surface area (Å²) in [4.78, 5) is 39.6. The topological polar surface area (TPSA) is 93.5 Å². The third kappa shape index (κ3) is 4.25. The number of nitrogens with one attached hydrogen (secondary N) is 1. The van der Waals surface area contributed by atoms with Gasteiger partial charge in [0.15, 0.2) is 0 Å². The van der Waals surface area contributed by atoms with Crippen molar-refractivity contribution < 1.29 is 14.3 Å². The molecule has 4 rings (SSSR count). The summed E-state index contributed by atoms with van der Waals surface area (Å²) >= 11 is 0. The molecule has 1 aliphatic heterocycles. The second-order valence-corrected chi connectivity index (χ2v) is 7.64. The molecule has 0 unspecified atom stereocenters. The molecule has 3 aromatic rings. The lowest BCUT2D eigenvalue weighted by molar-refractivity contribution is -0.116. The molecule has 8 nitrogen and oxygen atoms in total. The molecule has 2 heterocycles. The van der Waals surface area contributed by atoms with E-state index in [1.165, 1.54) is 19.2 Å². The molecule has 0 bridgehead atoms. The van der Waals surface area contributed by atoms with E-state index in [1.54, 1.807) is 29.2 Å². The van der Waals surface area contributed by atoms with Gasteiger partial charge in [0.25, 0.3) is 11.5 Å². The zero-order valence-electron chi connectivity index (χ0n) is 17.9. The van der Waals surface area contributed by atoms with Crippen molar-refractivity contribution in [2.45, 2.75) is 32.4 Å². The van der Waals surface area contributed by atoms with Crippen LogP contribution in [0.3, 0.4) is 0 Å². The molecule has 1 atom stereocenters. The van der Waals surface area contributed by atoms with Crippen LogP contribution in [0.5, 0.6) is 5.75 Å². The first kappa shape index (κ1) is 21.3. The Balaban J connectivity index is 1.48. The highest BCUT2D eigenvalue weighted by Crippen LogP contribution is 2.32. The molecule has 1 aromatic heterocycles. The van der Waals surface area contributed by atoms with E-state index in [2.05, 4.69) is 10.4 Å². The van der Waals surface area contributed by atoms with Crippen LogP contribution in [0.4, 0.5) is 11.4 Å². The first-order chi connectivity index (χ1) is 15.5. The molecule has 32 heavy (non-hydrogen) atoms. The van der Waals surface area contributed by atoms with Gasteiger partial charge in [-0.3, -0.25) is 14.4 Å². The van der Waals surface area contributed by atoms with Crippen LogP contribution in [0.25, 0.3) is 0 Å². The van der Waals surface area contributed by atoms with E-state index in [-0.39, 0.29) is 42.1 Å². The average Bonchev–Trinajstić information content (AvgIpc) is 3.14. The number of carbonyl (C=O) groups is 2. The van der Waals surface area contributed by atoms with Crippen LogP contribution < -0.4 is 20.5 Å². The smallest absolute Gasteiger partial charge is 0.278 e. The Morgan fingerprint density at radius 3 is 2.66 bits per heavy atom. The summed E-state index contributed by atoms with van der Waals surface area (Å²) in [6, 6.07) is 17.6. The van der Waals surface area contributed by atoms with Gasteiger partial charge in [0.2, 0.25) is 5.91 Å². The Labute approximate surface area is 185 Å². The zero-order chi connectivity index (χ0) is 22.7. The van der Waals surface area contributed by atoms with Gasteiger partial charge >= 0.3 is 0 Å². The minimum Gasteiger partial charge on any atom is -0.495 e. The number of carbonyl (C=O) groups excluding carboxylic acids is 2. The second kappa shape index (κ2) is 9.05. The summed E-state index contributed by atoms with van der Waals surface area (Å²) in [5, 5.41) is 7.01. The fourth-order valence-corrected chi connectivity index (χ4v) is 3.89. The molecular weight excluding hydrogens is 408 g/mol. The van der Waals surface area contributed by atoms with Gasteiger partial charge in [0, 0.05) is 24.2 Å². The Hall–Kier alpha value is -3.94. The molecule has 0 fully saturated rings. The lowest BCUT2D eigenvalue weighted by atomic mass is 10.1. The van der Waals surface area contributed by atoms with Crippen LogP contribution in [0.15, 0.2) is 65.5 Å². The summed E-state index contributed by atoms with van der Waals surface area (Å²) in [6.45, 7) is 2.03. The normalized spacial score (nSPS) is 14.7. The Kier molecular flexibility index (Phi) is 6.02. The Morgan fingerprint density at radius 1 is 1.09 bits per heavy atom. The maximum atomic E-state index is 13.2. The summed E-state index contributed by atoms with van der Waals surface area (Å²) in [6.07, 6.45) is 0.788. The van der Waals surface area contributed by atoms with E-state index < -0.39 is 0 Å². The van der Waals surface area contributed by atoms with Crippen molar-refractivity contribution >= 4 is 23.2 Å². The van der Waals surface area contributed by atoms with E-state index >= 15 is 0 Å². The fraction of sp³-hybridized carbons (Fsp3) is 0.250. The molecular formula is C24H24N4O4. The number of rotatable bonds is 6. The quantitative estimate of drug-likeness (QED) is 0.647. The largest absolute Gasteiger partial charge is 0.495 e. The predicted octanol–water partition coefficient (Wildman–Crippen LogP) is 2.87. The number of hydrogen-bond acceptors (Lipinski definition) is 5. The summed E-state index contributed by atoms with van der Waals surface area (Å²) in [5.41, 5.74) is 2.31. The zero-order valence-corrected chi connectivity index (χ0v) is 17.9. The number of aryl methyl sites for hydroxylation is 1. The van der Waals surface area contributed by atoms with E-state index in [0.29, 0.717) is 11.4 Å². The molecule has 2 amide bonds. The predicted molar refractivity (Wildman–Crippen MR) is 121 cm³/mol. The highest BCUT2D eigenvalue weighted by molar-refractivity contribution is 6.06. The number of benzene rings is 2. The maximum Gasteiger partial charge on any atom is 0.278 e. The molecule has 0 radical (unpaired) electrons. The average molecular weight is 432 g/mol. The minimum absolute atomic E-state index is 0.00583. The SMILES string of the molecule is COc1ccccc1NC(=O)CCn1nc(C(=O)N2c3ccccc3C[C@H]2C)ccc1=O. The fourth-order valence-electron chi connectivity index (χ4n) is 3.89. The van der Waals surface area contributed by atoms with Crippen molar-refractivity contribution in [2.75, 3.05) is 17.3 Å². The molecule has 2 aromatic carbocycles.